The second-order valence-electron chi connectivity index (χ2n) is 7.66. The second kappa shape index (κ2) is 11.5. The van der Waals surface area contributed by atoms with Crippen LogP contribution in [-0.4, -0.2) is 49.7 Å². The Kier molecular flexibility index (Phi) is 11.5. The van der Waals surface area contributed by atoms with Crippen LogP contribution < -0.4 is 5.32 Å². The van der Waals surface area contributed by atoms with Crippen LogP contribution in [0.25, 0.3) is 0 Å². The van der Waals surface area contributed by atoms with Gasteiger partial charge >= 0.3 is 0 Å². The van der Waals surface area contributed by atoms with Crippen molar-refractivity contribution in [1.29, 1.82) is 0 Å². The van der Waals surface area contributed by atoms with E-state index in [1.54, 1.807) is 7.11 Å². The lowest BCUT2D eigenvalue weighted by atomic mass is 9.98. The molecule has 1 unspecified atom stereocenters. The van der Waals surface area contributed by atoms with Gasteiger partial charge in [0.1, 0.15) is 5.78 Å². The maximum Gasteiger partial charge on any atom is 0.186 e. The molecule has 0 aliphatic carbocycles. The molecule has 0 aromatic heterocycles. The zero-order chi connectivity index (χ0) is 17.9. The number of nitrogens with one attached hydrogen (secondary N) is 1. The first-order valence-corrected chi connectivity index (χ1v) is 15.2. The van der Waals surface area contributed by atoms with Gasteiger partial charge in [0.05, 0.1) is 0 Å². The molecule has 0 radical (unpaired) electrons. The molecule has 6 heteroatoms. The zero-order valence-electron chi connectivity index (χ0n) is 16.5. The Labute approximate surface area is 146 Å². The molecule has 138 valence electrons. The zero-order valence-corrected chi connectivity index (χ0v) is 18.5. The molecule has 23 heavy (non-hydrogen) atoms. The number of hydrogen-bond donors (Lipinski definition) is 1. The lowest BCUT2D eigenvalue weighted by Gasteiger charge is -2.21. The third kappa shape index (κ3) is 11.2. The Morgan fingerprint density at radius 1 is 1.00 bits per heavy atom. The third-order valence-corrected chi connectivity index (χ3v) is 10.1. The van der Waals surface area contributed by atoms with Crippen molar-refractivity contribution >= 4 is 22.4 Å². The molecule has 1 atom stereocenters. The van der Waals surface area contributed by atoms with E-state index in [9.17, 15) is 4.79 Å². The van der Waals surface area contributed by atoms with Crippen LogP contribution in [-0.2, 0) is 13.6 Å². The van der Waals surface area contributed by atoms with Crippen molar-refractivity contribution in [3.05, 3.63) is 0 Å². The highest BCUT2D eigenvalue weighted by atomic mass is 28.4. The topological polar surface area (TPSA) is 47.6 Å². The van der Waals surface area contributed by atoms with Gasteiger partial charge in [-0.2, -0.15) is 0 Å². The summed E-state index contributed by atoms with van der Waals surface area (Å²) >= 11 is 0. The van der Waals surface area contributed by atoms with Crippen molar-refractivity contribution in [1.82, 2.24) is 5.32 Å². The number of rotatable bonds is 14. The maximum absolute atomic E-state index is 12.3. The van der Waals surface area contributed by atoms with Crippen molar-refractivity contribution in [3.63, 3.8) is 0 Å². The van der Waals surface area contributed by atoms with Gasteiger partial charge in [0.15, 0.2) is 16.6 Å². The maximum atomic E-state index is 12.3. The van der Waals surface area contributed by atoms with Crippen LogP contribution in [0.4, 0.5) is 0 Å². The monoisotopic (exact) mass is 361 g/mol. The number of carbonyl (C=O) groups excluding carboxylic acids is 1. The van der Waals surface area contributed by atoms with Gasteiger partial charge in [-0.05, 0) is 64.1 Å². The van der Waals surface area contributed by atoms with E-state index in [0.717, 1.165) is 44.4 Å². The molecule has 0 fully saturated rings. The van der Waals surface area contributed by atoms with Gasteiger partial charge < -0.3 is 14.2 Å². The summed E-state index contributed by atoms with van der Waals surface area (Å²) in [5.41, 5.74) is 0. The first kappa shape index (κ1) is 23.0. The Morgan fingerprint density at radius 2 is 1.52 bits per heavy atom. The van der Waals surface area contributed by atoms with E-state index in [0.29, 0.717) is 12.2 Å². The first-order chi connectivity index (χ1) is 10.7. The van der Waals surface area contributed by atoms with Crippen LogP contribution in [0.15, 0.2) is 0 Å². The normalized spacial score (nSPS) is 14.0. The highest BCUT2D eigenvalue weighted by molar-refractivity contribution is 6.71. The van der Waals surface area contributed by atoms with Crippen molar-refractivity contribution < 1.29 is 13.6 Å². The molecule has 0 aliphatic rings. The molecule has 0 rings (SSSR count). The summed E-state index contributed by atoms with van der Waals surface area (Å²) in [5, 5.41) is 3.46. The van der Waals surface area contributed by atoms with E-state index < -0.39 is 16.6 Å². The summed E-state index contributed by atoms with van der Waals surface area (Å²) in [7, 11) is 0.649. The van der Waals surface area contributed by atoms with Crippen molar-refractivity contribution in [2.75, 3.05) is 27.3 Å². The fourth-order valence-electron chi connectivity index (χ4n) is 2.50. The highest BCUT2D eigenvalue weighted by Gasteiger charge is 2.22. The van der Waals surface area contributed by atoms with Crippen LogP contribution in [0.2, 0.25) is 38.3 Å². The van der Waals surface area contributed by atoms with Crippen LogP contribution >= 0.6 is 0 Å². The van der Waals surface area contributed by atoms with Gasteiger partial charge in [-0.15, -0.1) is 0 Å². The number of ketones is 1. The summed E-state index contributed by atoms with van der Waals surface area (Å²) in [6.07, 6.45) is 3.72. The molecule has 4 nitrogen and oxygen atoms in total. The Morgan fingerprint density at radius 3 is 2.00 bits per heavy atom. The molecule has 0 aromatic carbocycles. The quantitative estimate of drug-likeness (QED) is 0.374. The van der Waals surface area contributed by atoms with Crippen molar-refractivity contribution in [2.45, 2.75) is 70.9 Å². The van der Waals surface area contributed by atoms with E-state index in [2.05, 4.69) is 38.4 Å². The van der Waals surface area contributed by atoms with Crippen molar-refractivity contribution in [2.24, 2.45) is 5.92 Å². The molecule has 0 bridgehead atoms. The van der Waals surface area contributed by atoms with Gasteiger partial charge in [-0.25, -0.2) is 0 Å². The molecule has 1 N–H and O–H groups in total. The summed E-state index contributed by atoms with van der Waals surface area (Å²) in [5.74, 6) is 0.572. The van der Waals surface area contributed by atoms with E-state index >= 15 is 0 Å². The van der Waals surface area contributed by atoms with Crippen LogP contribution in [0.1, 0.15) is 32.6 Å². The molecule has 0 heterocycles. The minimum absolute atomic E-state index is 0.162. The van der Waals surface area contributed by atoms with E-state index in [1.807, 2.05) is 7.11 Å². The molecule has 0 spiro atoms. The average molecular weight is 362 g/mol. The van der Waals surface area contributed by atoms with Gasteiger partial charge in [0, 0.05) is 33.1 Å². The van der Waals surface area contributed by atoms with Crippen LogP contribution in [0, 0.1) is 5.92 Å². The van der Waals surface area contributed by atoms with E-state index in [4.69, 9.17) is 8.85 Å². The van der Waals surface area contributed by atoms with Gasteiger partial charge in [-0.3, -0.25) is 4.79 Å². The average Bonchev–Trinajstić information content (AvgIpc) is 2.50. The second-order valence-corrected chi connectivity index (χ2v) is 16.5. The Bertz CT molecular complexity index is 336. The largest absolute Gasteiger partial charge is 0.420 e. The third-order valence-electron chi connectivity index (χ3n) is 4.78. The first-order valence-electron chi connectivity index (χ1n) is 9.01. The number of hydrogen-bond acceptors (Lipinski definition) is 4. The highest BCUT2D eigenvalue weighted by Crippen LogP contribution is 2.17. The standard InChI is InChI=1S/C17H39NO3Si2/c1-8-16(15-18-12-10-14-23(6,7)21-3)17(19)11-9-13-22(4,5)20-2/h16,18H,8-15H2,1-7H3. The van der Waals surface area contributed by atoms with Crippen molar-refractivity contribution in [3.8, 4) is 0 Å². The molecule has 0 aromatic rings. The molecule has 0 amide bonds. The molecule has 0 aliphatic heterocycles. The molecular weight excluding hydrogens is 322 g/mol. The fraction of sp³-hybridized carbons (Fsp3) is 0.941. The summed E-state index contributed by atoms with van der Waals surface area (Å²) in [6.45, 7) is 12.8. The van der Waals surface area contributed by atoms with Gasteiger partial charge in [0.2, 0.25) is 0 Å². The van der Waals surface area contributed by atoms with E-state index in [-0.39, 0.29) is 5.92 Å². The molecule has 0 saturated carbocycles. The SMILES string of the molecule is CCC(CNCCC[Si](C)(C)OC)C(=O)CCC[Si](C)(C)OC. The van der Waals surface area contributed by atoms with E-state index in [1.165, 1.54) is 0 Å². The minimum Gasteiger partial charge on any atom is -0.420 e. The predicted molar refractivity (Wildman–Crippen MR) is 104 cm³/mol. The molecule has 0 saturated heterocycles. The number of carbonyl (C=O) groups is 1. The minimum atomic E-state index is -1.52. The van der Waals surface area contributed by atoms with Crippen LogP contribution in [0.5, 0.6) is 0 Å². The lowest BCUT2D eigenvalue weighted by molar-refractivity contribution is -0.122. The Balaban J connectivity index is 3.94. The molecular formula is C17H39NO3Si2. The fourth-order valence-corrected chi connectivity index (χ4v) is 4.96. The Hall–Kier alpha value is -0.0162. The summed E-state index contributed by atoms with van der Waals surface area (Å²) in [6, 6.07) is 2.23. The van der Waals surface area contributed by atoms with Gasteiger partial charge in [-0.1, -0.05) is 6.92 Å². The summed E-state index contributed by atoms with van der Waals surface area (Å²) in [4.78, 5) is 12.3. The predicted octanol–water partition coefficient (Wildman–Crippen LogP) is 4.04. The lowest BCUT2D eigenvalue weighted by Crippen LogP contribution is -2.32. The van der Waals surface area contributed by atoms with Gasteiger partial charge in [0.25, 0.3) is 0 Å². The number of Topliss-reactive ketones (excluding diaryl/α,β-unsaturated/α-hetero) is 1. The summed E-state index contributed by atoms with van der Waals surface area (Å²) < 4.78 is 11.1. The smallest absolute Gasteiger partial charge is 0.186 e. The van der Waals surface area contributed by atoms with Crippen LogP contribution in [0.3, 0.4) is 0 Å².